The van der Waals surface area contributed by atoms with E-state index in [1.54, 1.807) is 12.3 Å². The van der Waals surface area contributed by atoms with Gasteiger partial charge in [-0.3, -0.25) is 14.8 Å². The summed E-state index contributed by atoms with van der Waals surface area (Å²) in [5, 5.41) is 4.09. The highest BCUT2D eigenvalue weighted by molar-refractivity contribution is 6.34. The third kappa shape index (κ3) is 2.46. The molecule has 0 saturated heterocycles. The average molecular weight is 284 g/mol. The number of pyridine rings is 2. The first kappa shape index (κ1) is 12.6. The molecule has 2 heterocycles. The van der Waals surface area contributed by atoms with Crippen LogP contribution in [0.15, 0.2) is 55.0 Å². The van der Waals surface area contributed by atoms with E-state index >= 15 is 0 Å². The van der Waals surface area contributed by atoms with E-state index in [1.165, 1.54) is 12.4 Å². The molecule has 0 spiro atoms. The fraction of sp³-hybridized carbons (Fsp3) is 0. The minimum Gasteiger partial charge on any atom is -0.320 e. The van der Waals surface area contributed by atoms with Crippen molar-refractivity contribution in [2.24, 2.45) is 0 Å². The van der Waals surface area contributed by atoms with Crippen LogP contribution in [-0.4, -0.2) is 15.9 Å². The molecule has 1 amide bonds. The largest absolute Gasteiger partial charge is 0.320 e. The summed E-state index contributed by atoms with van der Waals surface area (Å²) < 4.78 is 0. The van der Waals surface area contributed by atoms with Crippen molar-refractivity contribution in [3.8, 4) is 0 Å². The summed E-state index contributed by atoms with van der Waals surface area (Å²) in [5.74, 6) is -0.305. The van der Waals surface area contributed by atoms with Crippen molar-refractivity contribution in [2.75, 3.05) is 5.32 Å². The Hall–Kier alpha value is -2.46. The highest BCUT2D eigenvalue weighted by Crippen LogP contribution is 2.19. The quantitative estimate of drug-likeness (QED) is 0.783. The van der Waals surface area contributed by atoms with E-state index in [-0.39, 0.29) is 5.91 Å². The number of para-hydroxylation sites is 1. The summed E-state index contributed by atoms with van der Waals surface area (Å²) in [6, 6.07) is 11.1. The van der Waals surface area contributed by atoms with Crippen molar-refractivity contribution in [3.63, 3.8) is 0 Å². The van der Waals surface area contributed by atoms with Crippen LogP contribution in [0.5, 0.6) is 0 Å². The summed E-state index contributed by atoms with van der Waals surface area (Å²) >= 11 is 5.96. The summed E-state index contributed by atoms with van der Waals surface area (Å²) in [7, 11) is 0. The Morgan fingerprint density at radius 3 is 2.85 bits per heavy atom. The molecule has 0 atom stereocenters. The molecule has 0 aliphatic heterocycles. The molecule has 98 valence electrons. The maximum absolute atomic E-state index is 12.1. The van der Waals surface area contributed by atoms with Gasteiger partial charge in [-0.2, -0.15) is 0 Å². The Balaban J connectivity index is 1.89. The number of carbonyl (C=O) groups excluding carboxylic acids is 1. The van der Waals surface area contributed by atoms with Gasteiger partial charge < -0.3 is 5.32 Å². The highest BCUT2D eigenvalue weighted by Gasteiger charge is 2.10. The van der Waals surface area contributed by atoms with Crippen molar-refractivity contribution in [1.29, 1.82) is 0 Å². The van der Waals surface area contributed by atoms with E-state index in [2.05, 4.69) is 15.3 Å². The van der Waals surface area contributed by atoms with E-state index in [0.717, 1.165) is 10.9 Å². The number of anilines is 1. The fourth-order valence-electron chi connectivity index (χ4n) is 1.88. The molecule has 3 rings (SSSR count). The number of carbonyl (C=O) groups is 1. The Kier molecular flexibility index (Phi) is 3.31. The summed E-state index contributed by atoms with van der Waals surface area (Å²) in [4.78, 5) is 20.3. The number of hydrogen-bond donors (Lipinski definition) is 1. The first-order chi connectivity index (χ1) is 9.74. The smallest absolute Gasteiger partial charge is 0.258 e. The van der Waals surface area contributed by atoms with Crippen LogP contribution >= 0.6 is 11.6 Å². The van der Waals surface area contributed by atoms with Gasteiger partial charge in [0.05, 0.1) is 28.0 Å². The number of halogens is 1. The second-order valence-corrected chi connectivity index (χ2v) is 4.63. The van der Waals surface area contributed by atoms with Gasteiger partial charge >= 0.3 is 0 Å². The second-order valence-electron chi connectivity index (χ2n) is 4.23. The average Bonchev–Trinajstić information content (AvgIpc) is 2.47. The SMILES string of the molecule is O=C(Nc1cnc2ccccc2c1)c1cnccc1Cl. The van der Waals surface area contributed by atoms with Gasteiger partial charge in [-0.15, -0.1) is 0 Å². The zero-order valence-electron chi connectivity index (χ0n) is 10.4. The normalized spacial score (nSPS) is 10.4. The number of fused-ring (bicyclic) bond motifs is 1. The topological polar surface area (TPSA) is 54.9 Å². The molecule has 4 nitrogen and oxygen atoms in total. The van der Waals surface area contributed by atoms with Crippen LogP contribution in [-0.2, 0) is 0 Å². The molecular weight excluding hydrogens is 274 g/mol. The summed E-state index contributed by atoms with van der Waals surface area (Å²) in [5.41, 5.74) is 1.83. The molecule has 0 aliphatic rings. The lowest BCUT2D eigenvalue weighted by Crippen LogP contribution is -2.12. The van der Waals surface area contributed by atoms with E-state index in [1.807, 2.05) is 30.3 Å². The van der Waals surface area contributed by atoms with Gasteiger partial charge in [0.2, 0.25) is 0 Å². The molecule has 0 radical (unpaired) electrons. The van der Waals surface area contributed by atoms with Crippen molar-refractivity contribution < 1.29 is 4.79 Å². The molecule has 0 saturated carbocycles. The molecule has 3 aromatic rings. The summed E-state index contributed by atoms with van der Waals surface area (Å²) in [6.45, 7) is 0. The molecule has 0 unspecified atom stereocenters. The number of aromatic nitrogens is 2. The van der Waals surface area contributed by atoms with Crippen molar-refractivity contribution in [3.05, 3.63) is 65.6 Å². The first-order valence-electron chi connectivity index (χ1n) is 6.00. The monoisotopic (exact) mass is 283 g/mol. The van der Waals surface area contributed by atoms with Gasteiger partial charge in [0.15, 0.2) is 0 Å². The fourth-order valence-corrected chi connectivity index (χ4v) is 2.07. The zero-order valence-corrected chi connectivity index (χ0v) is 11.1. The number of benzene rings is 1. The van der Waals surface area contributed by atoms with E-state index < -0.39 is 0 Å². The summed E-state index contributed by atoms with van der Waals surface area (Å²) in [6.07, 6.45) is 4.59. The van der Waals surface area contributed by atoms with Gasteiger partial charge in [0, 0.05) is 17.8 Å². The van der Waals surface area contributed by atoms with Crippen LogP contribution in [0.1, 0.15) is 10.4 Å². The van der Waals surface area contributed by atoms with Crippen LogP contribution in [0, 0.1) is 0 Å². The zero-order chi connectivity index (χ0) is 13.9. The predicted octanol–water partition coefficient (Wildman–Crippen LogP) is 3.54. The molecular formula is C15H10ClN3O. The lowest BCUT2D eigenvalue weighted by molar-refractivity contribution is 0.102. The minimum absolute atomic E-state index is 0.305. The minimum atomic E-state index is -0.305. The van der Waals surface area contributed by atoms with E-state index in [9.17, 15) is 4.79 Å². The second kappa shape index (κ2) is 5.27. The molecule has 0 bridgehead atoms. The molecule has 0 aliphatic carbocycles. The van der Waals surface area contributed by atoms with E-state index in [0.29, 0.717) is 16.3 Å². The van der Waals surface area contributed by atoms with Gasteiger partial charge in [-0.1, -0.05) is 29.8 Å². The molecule has 0 fully saturated rings. The van der Waals surface area contributed by atoms with Gasteiger partial charge in [0.25, 0.3) is 5.91 Å². The lowest BCUT2D eigenvalue weighted by atomic mass is 10.2. The molecule has 2 aromatic heterocycles. The van der Waals surface area contributed by atoms with E-state index in [4.69, 9.17) is 11.6 Å². The number of nitrogens with zero attached hydrogens (tertiary/aromatic N) is 2. The number of amides is 1. The molecule has 1 N–H and O–H groups in total. The van der Waals surface area contributed by atoms with Crippen molar-refractivity contribution in [2.45, 2.75) is 0 Å². The number of rotatable bonds is 2. The Morgan fingerprint density at radius 1 is 1.15 bits per heavy atom. The van der Waals surface area contributed by atoms with Crippen LogP contribution < -0.4 is 5.32 Å². The predicted molar refractivity (Wildman–Crippen MR) is 78.9 cm³/mol. The Bertz CT molecular complexity index is 789. The van der Waals surface area contributed by atoms with Gasteiger partial charge in [-0.05, 0) is 18.2 Å². The Morgan fingerprint density at radius 2 is 2.00 bits per heavy atom. The van der Waals surface area contributed by atoms with Crippen LogP contribution in [0.2, 0.25) is 5.02 Å². The first-order valence-corrected chi connectivity index (χ1v) is 6.37. The van der Waals surface area contributed by atoms with Crippen LogP contribution in [0.3, 0.4) is 0 Å². The maximum Gasteiger partial charge on any atom is 0.258 e. The standard InChI is InChI=1S/C15H10ClN3O/c16-13-5-6-17-9-12(13)15(20)19-11-7-10-3-1-2-4-14(10)18-8-11/h1-9H,(H,19,20). The molecule has 20 heavy (non-hydrogen) atoms. The highest BCUT2D eigenvalue weighted by atomic mass is 35.5. The molecule has 1 aromatic carbocycles. The third-order valence-electron chi connectivity index (χ3n) is 2.86. The molecule has 5 heteroatoms. The lowest BCUT2D eigenvalue weighted by Gasteiger charge is -2.06. The van der Waals surface area contributed by atoms with Crippen LogP contribution in [0.4, 0.5) is 5.69 Å². The van der Waals surface area contributed by atoms with Crippen molar-refractivity contribution in [1.82, 2.24) is 9.97 Å². The Labute approximate surface area is 120 Å². The van der Waals surface area contributed by atoms with Crippen molar-refractivity contribution >= 4 is 34.1 Å². The number of nitrogens with one attached hydrogen (secondary N) is 1. The maximum atomic E-state index is 12.1. The van der Waals surface area contributed by atoms with Crippen LogP contribution in [0.25, 0.3) is 10.9 Å². The third-order valence-corrected chi connectivity index (χ3v) is 3.19. The number of hydrogen-bond acceptors (Lipinski definition) is 3. The van der Waals surface area contributed by atoms with Gasteiger partial charge in [0.1, 0.15) is 0 Å². The van der Waals surface area contributed by atoms with Gasteiger partial charge in [-0.25, -0.2) is 0 Å².